The Balaban J connectivity index is 2.33. The molecule has 0 aliphatic rings. The summed E-state index contributed by atoms with van der Waals surface area (Å²) >= 11 is 7.56. The molecule has 6 heteroatoms. The lowest BCUT2D eigenvalue weighted by Crippen LogP contribution is -2.29. The minimum atomic E-state index is -0.430. The van der Waals surface area contributed by atoms with Crippen molar-refractivity contribution in [2.24, 2.45) is 0 Å². The third-order valence-corrected chi connectivity index (χ3v) is 4.66. The number of aromatic nitrogens is 3. The normalized spacial score (nSPS) is 12.2. The fraction of sp³-hybridized carbons (Fsp3) is 0.286. The van der Waals surface area contributed by atoms with Crippen LogP contribution >= 0.6 is 22.9 Å². The molecule has 1 aromatic carbocycles. The molecule has 0 fully saturated rings. The molecule has 2 aromatic heterocycles. The zero-order chi connectivity index (χ0) is 14.3. The monoisotopic (exact) mass is 309 g/mol. The van der Waals surface area contributed by atoms with Crippen LogP contribution in [0, 0.1) is 5.82 Å². The van der Waals surface area contributed by atoms with Crippen LogP contribution in [0.25, 0.3) is 11.0 Å². The van der Waals surface area contributed by atoms with E-state index in [1.165, 1.54) is 6.07 Å². The quantitative estimate of drug-likeness (QED) is 0.680. The van der Waals surface area contributed by atoms with E-state index in [2.05, 4.69) is 9.97 Å². The van der Waals surface area contributed by atoms with Crippen LogP contribution in [0.5, 0.6) is 0 Å². The molecule has 20 heavy (non-hydrogen) atoms. The largest absolute Gasteiger partial charge is 0.315 e. The van der Waals surface area contributed by atoms with Gasteiger partial charge in [-0.25, -0.2) is 14.4 Å². The second kappa shape index (κ2) is 4.82. The summed E-state index contributed by atoms with van der Waals surface area (Å²) in [5.41, 5.74) is 0.662. The first-order valence-corrected chi connectivity index (χ1v) is 7.59. The average Bonchev–Trinajstić information content (AvgIpc) is 3.06. The second-order valence-electron chi connectivity index (χ2n) is 5.00. The zero-order valence-corrected chi connectivity index (χ0v) is 12.7. The Morgan fingerprint density at radius 2 is 2.20 bits per heavy atom. The van der Waals surface area contributed by atoms with Crippen LogP contribution < -0.4 is 0 Å². The van der Waals surface area contributed by atoms with Crippen molar-refractivity contribution in [3.63, 3.8) is 0 Å². The first-order chi connectivity index (χ1) is 9.55. The van der Waals surface area contributed by atoms with Gasteiger partial charge in [-0.15, -0.1) is 22.9 Å². The lowest BCUT2D eigenvalue weighted by Gasteiger charge is -2.27. The molecule has 0 saturated carbocycles. The highest BCUT2D eigenvalue weighted by Crippen LogP contribution is 2.33. The predicted octanol–water partition coefficient (Wildman–Crippen LogP) is 4.15. The van der Waals surface area contributed by atoms with Crippen LogP contribution in [0.1, 0.15) is 24.7 Å². The van der Waals surface area contributed by atoms with Crippen LogP contribution in [-0.4, -0.2) is 14.5 Å². The molecule has 0 saturated heterocycles. The standard InChI is InChI=1S/C14H13ClFN3S/c1-14(2,13-17-6-7-20-13)19-10-5-3-4-9(16)12(10)18-11(19)8-15/h3-7H,8H2,1-2H3. The number of fused-ring (bicyclic) bond motifs is 1. The summed E-state index contributed by atoms with van der Waals surface area (Å²) in [6.45, 7) is 4.07. The number of halogens is 2. The van der Waals surface area contributed by atoms with E-state index in [9.17, 15) is 4.39 Å². The van der Waals surface area contributed by atoms with Gasteiger partial charge >= 0.3 is 0 Å². The maximum Gasteiger partial charge on any atom is 0.151 e. The molecule has 3 rings (SSSR count). The molecule has 104 valence electrons. The lowest BCUT2D eigenvalue weighted by molar-refractivity contribution is 0.435. The number of hydrogen-bond donors (Lipinski definition) is 0. The molecule has 0 radical (unpaired) electrons. The maximum atomic E-state index is 13.9. The van der Waals surface area contributed by atoms with Crippen LogP contribution in [0.2, 0.25) is 0 Å². The van der Waals surface area contributed by atoms with E-state index in [-0.39, 0.29) is 11.7 Å². The van der Waals surface area contributed by atoms with Crippen molar-refractivity contribution in [3.8, 4) is 0 Å². The van der Waals surface area contributed by atoms with E-state index in [0.717, 1.165) is 10.5 Å². The number of nitrogens with zero attached hydrogens (tertiary/aromatic N) is 3. The number of rotatable bonds is 3. The van der Waals surface area contributed by atoms with Gasteiger partial charge < -0.3 is 4.57 Å². The van der Waals surface area contributed by atoms with Gasteiger partial charge in [-0.1, -0.05) is 6.07 Å². The van der Waals surface area contributed by atoms with E-state index in [0.29, 0.717) is 11.3 Å². The average molecular weight is 310 g/mol. The fourth-order valence-corrected chi connectivity index (χ4v) is 3.38. The number of hydrogen-bond acceptors (Lipinski definition) is 3. The predicted molar refractivity (Wildman–Crippen MR) is 79.8 cm³/mol. The Kier molecular flexibility index (Phi) is 3.26. The van der Waals surface area contributed by atoms with Crippen LogP contribution in [0.4, 0.5) is 4.39 Å². The van der Waals surface area contributed by atoms with Crippen molar-refractivity contribution in [2.45, 2.75) is 25.3 Å². The molecule has 0 atom stereocenters. The number of benzene rings is 1. The molecule has 0 aliphatic carbocycles. The number of imidazole rings is 1. The summed E-state index contributed by atoms with van der Waals surface area (Å²) in [5.74, 6) is 0.539. The SMILES string of the molecule is CC(C)(c1nccs1)n1c(CCl)nc2c(F)cccc21. The van der Waals surface area contributed by atoms with E-state index in [4.69, 9.17) is 11.6 Å². The molecule has 0 bridgehead atoms. The van der Waals surface area contributed by atoms with Crippen molar-refractivity contribution in [3.05, 3.63) is 46.4 Å². The van der Waals surface area contributed by atoms with E-state index < -0.39 is 5.54 Å². The van der Waals surface area contributed by atoms with Crippen LogP contribution in [0.15, 0.2) is 29.8 Å². The van der Waals surface area contributed by atoms with Gasteiger partial charge in [-0.05, 0) is 26.0 Å². The molecule has 3 nitrogen and oxygen atoms in total. The number of para-hydroxylation sites is 1. The van der Waals surface area contributed by atoms with E-state index in [1.807, 2.05) is 29.9 Å². The molecular weight excluding hydrogens is 297 g/mol. The molecule has 0 unspecified atom stereocenters. The van der Waals surface area contributed by atoms with Crippen molar-refractivity contribution in [1.29, 1.82) is 0 Å². The van der Waals surface area contributed by atoms with Gasteiger partial charge in [0.2, 0.25) is 0 Å². The minimum Gasteiger partial charge on any atom is -0.315 e. The number of alkyl halides is 1. The highest BCUT2D eigenvalue weighted by atomic mass is 35.5. The Morgan fingerprint density at radius 3 is 2.85 bits per heavy atom. The molecule has 3 aromatic rings. The zero-order valence-electron chi connectivity index (χ0n) is 11.1. The van der Waals surface area contributed by atoms with Gasteiger partial charge in [0.15, 0.2) is 5.82 Å². The Labute approximate surface area is 125 Å². The molecule has 0 aliphatic heterocycles. The van der Waals surface area contributed by atoms with Crippen molar-refractivity contribution >= 4 is 34.0 Å². The van der Waals surface area contributed by atoms with Crippen molar-refractivity contribution in [1.82, 2.24) is 14.5 Å². The Bertz CT molecular complexity index is 749. The molecule has 0 spiro atoms. The fourth-order valence-electron chi connectivity index (χ4n) is 2.45. The Hall–Kier alpha value is -1.46. The van der Waals surface area contributed by atoms with Gasteiger partial charge in [-0.2, -0.15) is 0 Å². The number of thiazole rings is 1. The molecule has 0 amide bonds. The van der Waals surface area contributed by atoms with Crippen LogP contribution in [0.3, 0.4) is 0 Å². The van der Waals surface area contributed by atoms with Gasteiger partial charge in [0.05, 0.1) is 16.9 Å². The first-order valence-electron chi connectivity index (χ1n) is 6.18. The topological polar surface area (TPSA) is 30.7 Å². The summed E-state index contributed by atoms with van der Waals surface area (Å²) in [6.07, 6.45) is 1.77. The summed E-state index contributed by atoms with van der Waals surface area (Å²) in [7, 11) is 0. The Morgan fingerprint density at radius 1 is 1.40 bits per heavy atom. The summed E-state index contributed by atoms with van der Waals surface area (Å²) in [5, 5.41) is 2.87. The van der Waals surface area contributed by atoms with Gasteiger partial charge in [0.25, 0.3) is 0 Å². The van der Waals surface area contributed by atoms with Crippen LogP contribution in [-0.2, 0) is 11.4 Å². The van der Waals surface area contributed by atoms with Gasteiger partial charge in [0.1, 0.15) is 16.3 Å². The second-order valence-corrected chi connectivity index (χ2v) is 6.16. The first kappa shape index (κ1) is 13.5. The van der Waals surface area contributed by atoms with Gasteiger partial charge in [-0.3, -0.25) is 0 Å². The highest BCUT2D eigenvalue weighted by Gasteiger charge is 2.30. The summed E-state index contributed by atoms with van der Waals surface area (Å²) in [4.78, 5) is 8.72. The third-order valence-electron chi connectivity index (χ3n) is 3.34. The summed E-state index contributed by atoms with van der Waals surface area (Å²) < 4.78 is 15.9. The molecule has 2 heterocycles. The highest BCUT2D eigenvalue weighted by molar-refractivity contribution is 7.09. The third kappa shape index (κ3) is 1.93. The van der Waals surface area contributed by atoms with Crippen molar-refractivity contribution in [2.75, 3.05) is 0 Å². The van der Waals surface area contributed by atoms with Gasteiger partial charge in [0, 0.05) is 11.6 Å². The molecule has 0 N–H and O–H groups in total. The minimum absolute atomic E-state index is 0.225. The van der Waals surface area contributed by atoms with E-state index in [1.54, 1.807) is 23.6 Å². The smallest absolute Gasteiger partial charge is 0.151 e. The maximum absolute atomic E-state index is 13.9. The molecular formula is C14H13ClFN3S. The summed E-state index contributed by atoms with van der Waals surface area (Å²) in [6, 6.07) is 4.96. The lowest BCUT2D eigenvalue weighted by atomic mass is 10.1. The van der Waals surface area contributed by atoms with Crippen molar-refractivity contribution < 1.29 is 4.39 Å². The van der Waals surface area contributed by atoms with E-state index >= 15 is 0 Å².